The number of hydrogen-bond acceptors (Lipinski definition) is 3. The van der Waals surface area contributed by atoms with E-state index in [0.717, 1.165) is 25.3 Å². The lowest BCUT2D eigenvalue weighted by Crippen LogP contribution is -2.24. The second-order valence-electron chi connectivity index (χ2n) is 7.09. The highest BCUT2D eigenvalue weighted by atomic mass is 32.2. The number of nitrogens with zero attached hydrogens (tertiary/aromatic N) is 1. The fraction of sp³-hybridized carbons (Fsp3) is 0.250. The van der Waals surface area contributed by atoms with E-state index in [-0.39, 0.29) is 0 Å². The molecule has 1 aliphatic heterocycles. The second kappa shape index (κ2) is 8.20. The SMILES string of the molecule is COc1cc2c(cc1Sc1ccccc1)CCN(C)CC2c1ccccc1. The summed E-state index contributed by atoms with van der Waals surface area (Å²) in [5.74, 6) is 1.34. The van der Waals surface area contributed by atoms with Gasteiger partial charge in [0.05, 0.1) is 12.0 Å². The summed E-state index contributed by atoms with van der Waals surface area (Å²) < 4.78 is 5.80. The third-order valence-electron chi connectivity index (χ3n) is 5.23. The van der Waals surface area contributed by atoms with E-state index >= 15 is 0 Å². The molecular formula is C24H25NOS. The summed E-state index contributed by atoms with van der Waals surface area (Å²) in [6, 6.07) is 26.0. The number of rotatable bonds is 4. The van der Waals surface area contributed by atoms with Crippen LogP contribution in [0.2, 0.25) is 0 Å². The van der Waals surface area contributed by atoms with E-state index in [1.54, 1.807) is 18.9 Å². The van der Waals surface area contributed by atoms with Crippen LogP contribution in [-0.4, -0.2) is 32.1 Å². The average molecular weight is 376 g/mol. The fourth-order valence-corrected chi connectivity index (χ4v) is 4.79. The van der Waals surface area contributed by atoms with Gasteiger partial charge in [-0.25, -0.2) is 0 Å². The van der Waals surface area contributed by atoms with E-state index in [0.29, 0.717) is 5.92 Å². The van der Waals surface area contributed by atoms with Crippen molar-refractivity contribution in [1.82, 2.24) is 4.90 Å². The first kappa shape index (κ1) is 18.1. The van der Waals surface area contributed by atoms with E-state index in [1.807, 2.05) is 0 Å². The number of likely N-dealkylation sites (N-methyl/N-ethyl adjacent to an activating group) is 1. The Morgan fingerprint density at radius 1 is 0.963 bits per heavy atom. The average Bonchev–Trinajstić information content (AvgIpc) is 2.87. The quantitative estimate of drug-likeness (QED) is 0.600. The zero-order valence-electron chi connectivity index (χ0n) is 15.9. The number of fused-ring (bicyclic) bond motifs is 1. The molecule has 0 bridgehead atoms. The third-order valence-corrected chi connectivity index (χ3v) is 6.28. The maximum Gasteiger partial charge on any atom is 0.133 e. The molecule has 1 heterocycles. The summed E-state index contributed by atoms with van der Waals surface area (Å²) in [5.41, 5.74) is 4.21. The summed E-state index contributed by atoms with van der Waals surface area (Å²) in [6.45, 7) is 2.11. The van der Waals surface area contributed by atoms with Crippen LogP contribution in [0.25, 0.3) is 0 Å². The fourth-order valence-electron chi connectivity index (χ4n) is 3.80. The first-order valence-corrected chi connectivity index (χ1v) is 10.2. The van der Waals surface area contributed by atoms with Crippen molar-refractivity contribution in [2.45, 2.75) is 22.1 Å². The van der Waals surface area contributed by atoms with E-state index in [9.17, 15) is 0 Å². The van der Waals surface area contributed by atoms with Crippen LogP contribution in [-0.2, 0) is 6.42 Å². The van der Waals surface area contributed by atoms with Crippen LogP contribution in [0, 0.1) is 0 Å². The first-order chi connectivity index (χ1) is 13.2. The third kappa shape index (κ3) is 4.05. The molecule has 0 amide bonds. The predicted octanol–water partition coefficient (Wildman–Crippen LogP) is 5.47. The molecule has 1 aliphatic rings. The highest BCUT2D eigenvalue weighted by molar-refractivity contribution is 7.99. The molecular weight excluding hydrogens is 350 g/mol. The van der Waals surface area contributed by atoms with Crippen LogP contribution in [0.3, 0.4) is 0 Å². The highest BCUT2D eigenvalue weighted by Gasteiger charge is 2.25. The molecule has 0 spiro atoms. The highest BCUT2D eigenvalue weighted by Crippen LogP contribution is 2.41. The van der Waals surface area contributed by atoms with E-state index in [1.165, 1.54) is 26.5 Å². The number of benzene rings is 3. The van der Waals surface area contributed by atoms with Gasteiger partial charge < -0.3 is 9.64 Å². The minimum atomic E-state index is 0.373. The van der Waals surface area contributed by atoms with Crippen LogP contribution in [0.4, 0.5) is 0 Å². The Labute approximate surface area is 166 Å². The Kier molecular flexibility index (Phi) is 5.51. The molecule has 0 aliphatic carbocycles. The van der Waals surface area contributed by atoms with Gasteiger partial charge in [0.1, 0.15) is 5.75 Å². The van der Waals surface area contributed by atoms with E-state index in [2.05, 4.69) is 84.7 Å². The Balaban J connectivity index is 1.77. The van der Waals surface area contributed by atoms with E-state index in [4.69, 9.17) is 4.74 Å². The smallest absolute Gasteiger partial charge is 0.133 e. The van der Waals surface area contributed by atoms with Crippen LogP contribution in [0.1, 0.15) is 22.6 Å². The molecule has 0 N–H and O–H groups in total. The monoisotopic (exact) mass is 375 g/mol. The van der Waals surface area contributed by atoms with Gasteiger partial charge in [0.15, 0.2) is 0 Å². The normalized spacial score (nSPS) is 17.2. The molecule has 138 valence electrons. The lowest BCUT2D eigenvalue weighted by molar-refractivity contribution is 0.338. The Morgan fingerprint density at radius 3 is 2.37 bits per heavy atom. The molecule has 3 heteroatoms. The molecule has 0 radical (unpaired) electrons. The van der Waals surface area contributed by atoms with Crippen LogP contribution < -0.4 is 4.74 Å². The van der Waals surface area contributed by atoms with Gasteiger partial charge in [0, 0.05) is 23.9 Å². The molecule has 1 unspecified atom stereocenters. The largest absolute Gasteiger partial charge is 0.496 e. The molecule has 3 aromatic carbocycles. The van der Waals surface area contributed by atoms with Gasteiger partial charge in [-0.1, -0.05) is 60.3 Å². The Hall–Kier alpha value is -2.23. The van der Waals surface area contributed by atoms with Gasteiger partial charge in [0.25, 0.3) is 0 Å². The maximum atomic E-state index is 5.80. The number of hydrogen-bond donors (Lipinski definition) is 0. The zero-order valence-corrected chi connectivity index (χ0v) is 16.7. The summed E-state index contributed by atoms with van der Waals surface area (Å²) in [6.07, 6.45) is 1.07. The first-order valence-electron chi connectivity index (χ1n) is 9.42. The van der Waals surface area contributed by atoms with Crippen molar-refractivity contribution in [2.24, 2.45) is 0 Å². The van der Waals surface area contributed by atoms with Crippen molar-refractivity contribution < 1.29 is 4.74 Å². The lowest BCUT2D eigenvalue weighted by Gasteiger charge is -2.23. The predicted molar refractivity (Wildman–Crippen MR) is 113 cm³/mol. The molecule has 2 nitrogen and oxygen atoms in total. The number of ether oxygens (including phenoxy) is 1. The van der Waals surface area contributed by atoms with Crippen LogP contribution in [0.5, 0.6) is 5.75 Å². The van der Waals surface area contributed by atoms with Gasteiger partial charge in [0.2, 0.25) is 0 Å². The summed E-state index contributed by atoms with van der Waals surface area (Å²) in [7, 11) is 4.00. The van der Waals surface area contributed by atoms with Gasteiger partial charge in [-0.3, -0.25) is 0 Å². The van der Waals surface area contributed by atoms with Gasteiger partial charge in [-0.05, 0) is 54.4 Å². The number of methoxy groups -OCH3 is 1. The van der Waals surface area contributed by atoms with Gasteiger partial charge in [-0.2, -0.15) is 0 Å². The molecule has 0 saturated carbocycles. The summed E-state index contributed by atoms with van der Waals surface area (Å²) in [5, 5.41) is 0. The zero-order chi connectivity index (χ0) is 18.6. The van der Waals surface area contributed by atoms with Crippen molar-refractivity contribution in [1.29, 1.82) is 0 Å². The summed E-state index contributed by atoms with van der Waals surface area (Å²) >= 11 is 1.78. The standard InChI is InChI=1S/C24H25NOS/c1-25-14-13-19-15-24(27-20-11-7-4-8-12-20)23(26-2)16-21(19)22(17-25)18-9-5-3-6-10-18/h3-12,15-16,22H,13-14,17H2,1-2H3. The van der Waals surface area contributed by atoms with Gasteiger partial charge in [-0.15, -0.1) is 0 Å². The topological polar surface area (TPSA) is 12.5 Å². The minimum Gasteiger partial charge on any atom is -0.496 e. The van der Waals surface area contributed by atoms with Crippen molar-refractivity contribution in [3.63, 3.8) is 0 Å². The molecule has 27 heavy (non-hydrogen) atoms. The molecule has 4 rings (SSSR count). The second-order valence-corrected chi connectivity index (χ2v) is 8.21. The molecule has 0 saturated heterocycles. The molecule has 0 aromatic heterocycles. The van der Waals surface area contributed by atoms with Gasteiger partial charge >= 0.3 is 0 Å². The van der Waals surface area contributed by atoms with Crippen molar-refractivity contribution in [3.05, 3.63) is 89.5 Å². The van der Waals surface area contributed by atoms with Crippen molar-refractivity contribution >= 4 is 11.8 Å². The lowest BCUT2D eigenvalue weighted by atomic mass is 9.88. The van der Waals surface area contributed by atoms with E-state index < -0.39 is 0 Å². The molecule has 0 fully saturated rings. The van der Waals surface area contributed by atoms with Crippen LogP contribution in [0.15, 0.2) is 82.6 Å². The Bertz CT molecular complexity index is 895. The molecule has 1 atom stereocenters. The van der Waals surface area contributed by atoms with Crippen molar-refractivity contribution in [2.75, 3.05) is 27.2 Å². The Morgan fingerprint density at radius 2 is 1.67 bits per heavy atom. The van der Waals surface area contributed by atoms with Crippen molar-refractivity contribution in [3.8, 4) is 5.75 Å². The molecule has 3 aromatic rings. The van der Waals surface area contributed by atoms with Crippen LogP contribution >= 0.6 is 11.8 Å². The maximum absolute atomic E-state index is 5.80. The summed E-state index contributed by atoms with van der Waals surface area (Å²) in [4.78, 5) is 4.87. The minimum absolute atomic E-state index is 0.373.